The fourth-order valence-corrected chi connectivity index (χ4v) is 11.2. The fourth-order valence-electron chi connectivity index (χ4n) is 11.2. The third-order valence-electron chi connectivity index (χ3n) is 14.0. The molecule has 0 unspecified atom stereocenters. The lowest BCUT2D eigenvalue weighted by atomic mass is 9.92. The summed E-state index contributed by atoms with van der Waals surface area (Å²) < 4.78 is 5.11. The molecule has 15 aromatic rings. The zero-order valence-corrected chi connectivity index (χ0v) is 35.4. The van der Waals surface area contributed by atoms with Gasteiger partial charge in [-0.2, -0.15) is 0 Å². The van der Waals surface area contributed by atoms with Gasteiger partial charge in [-0.25, -0.2) is 15.0 Å². The highest BCUT2D eigenvalue weighted by atomic mass is 15.0. The molecule has 0 aliphatic rings. The van der Waals surface area contributed by atoms with Crippen molar-refractivity contribution in [3.05, 3.63) is 212 Å². The number of nitrogens with zero attached hydrogens (tertiary/aromatic N) is 5. The van der Waals surface area contributed by atoms with Crippen molar-refractivity contribution in [1.29, 1.82) is 0 Å². The van der Waals surface area contributed by atoms with Gasteiger partial charge in [0.2, 0.25) is 0 Å². The summed E-state index contributed by atoms with van der Waals surface area (Å²) in [5.74, 6) is 1.89. The Morgan fingerprint density at radius 2 is 0.697 bits per heavy atom. The average molecular weight is 838 g/mol. The largest absolute Gasteiger partial charge is 0.307 e. The molecule has 66 heavy (non-hydrogen) atoms. The van der Waals surface area contributed by atoms with E-state index in [1.54, 1.807) is 0 Å². The topological polar surface area (TPSA) is 47.5 Å². The first-order valence-corrected chi connectivity index (χ1v) is 22.5. The Bertz CT molecular complexity index is 4510. The van der Waals surface area contributed by atoms with Gasteiger partial charge in [-0.15, -0.1) is 0 Å². The van der Waals surface area contributed by atoms with Gasteiger partial charge in [-0.1, -0.05) is 176 Å². The summed E-state index contributed by atoms with van der Waals surface area (Å²) in [6.45, 7) is 0. The van der Waals surface area contributed by atoms with Crippen LogP contribution in [0.3, 0.4) is 0 Å². The number of rotatable bonds is 3. The van der Waals surface area contributed by atoms with E-state index in [4.69, 9.17) is 15.0 Å². The SMILES string of the molecule is c1ccc(-c2nc(-c3ccccc3)nc(-c3cc4c5cc6c7ccccc7c7ccccc7c6cc5n5c6ccccc6c6cccc(c65)n5c6c7ccccc7ccc6c(c3)c45)n2)cc1. The number of para-hydroxylation sites is 2. The van der Waals surface area contributed by atoms with Crippen molar-refractivity contribution in [3.8, 4) is 34.2 Å². The van der Waals surface area contributed by atoms with Gasteiger partial charge in [0, 0.05) is 54.4 Å². The molecule has 0 saturated carbocycles. The molecule has 5 heteroatoms. The minimum absolute atomic E-state index is 0.623. The lowest BCUT2D eigenvalue weighted by Gasteiger charge is -2.15. The molecular formula is C61H35N5. The standard InChI is InChI=1S/C61H35N5/c1-3-17-37(18-4-1)59-62-60(38-19-5-2-6-20-38)64-61(63-59)39-32-51-47-31-30-36-16-7-8-21-40(36)56(47)66-54-29-15-27-46-45-26-13-14-28-53(45)65(58(46)54)55-35-49-44-25-12-10-23-42(44)41-22-9-11-24-43(41)48(49)34-50(55)52(33-39)57(51)66/h1-35H. The number of benzene rings is 11. The molecule has 11 aromatic carbocycles. The normalized spacial score (nSPS) is 12.2. The summed E-state index contributed by atoms with van der Waals surface area (Å²) in [4.78, 5) is 15.7. The Balaban J connectivity index is 1.24. The van der Waals surface area contributed by atoms with Crippen LogP contribution in [0.1, 0.15) is 0 Å². The van der Waals surface area contributed by atoms with Gasteiger partial charge in [0.05, 0.1) is 33.1 Å². The molecule has 0 amide bonds. The summed E-state index contributed by atoms with van der Waals surface area (Å²) >= 11 is 0. The molecule has 0 fully saturated rings. The molecule has 5 nitrogen and oxygen atoms in total. The molecule has 0 N–H and O–H groups in total. The minimum atomic E-state index is 0.623. The van der Waals surface area contributed by atoms with E-state index in [0.717, 1.165) is 49.4 Å². The van der Waals surface area contributed by atoms with Crippen LogP contribution in [0.4, 0.5) is 0 Å². The quantitative estimate of drug-likeness (QED) is 0.167. The summed E-state index contributed by atoms with van der Waals surface area (Å²) in [7, 11) is 0. The van der Waals surface area contributed by atoms with Gasteiger partial charge >= 0.3 is 0 Å². The highest BCUT2D eigenvalue weighted by Gasteiger charge is 2.23. The van der Waals surface area contributed by atoms with E-state index in [-0.39, 0.29) is 0 Å². The van der Waals surface area contributed by atoms with Gasteiger partial charge in [0.15, 0.2) is 17.5 Å². The second-order valence-corrected chi connectivity index (χ2v) is 17.5. The summed E-state index contributed by atoms with van der Waals surface area (Å²) in [5.41, 5.74) is 9.75. The number of aromatic nitrogens is 5. The van der Waals surface area contributed by atoms with Crippen molar-refractivity contribution in [2.75, 3.05) is 0 Å². The van der Waals surface area contributed by atoms with E-state index >= 15 is 0 Å². The highest BCUT2D eigenvalue weighted by Crippen LogP contribution is 2.46. The molecule has 4 aromatic heterocycles. The average Bonchev–Trinajstić information content (AvgIpc) is 3.91. The molecule has 0 aliphatic carbocycles. The Morgan fingerprint density at radius 1 is 0.227 bits per heavy atom. The predicted molar refractivity (Wildman–Crippen MR) is 276 cm³/mol. The molecule has 304 valence electrons. The van der Waals surface area contributed by atoms with Crippen LogP contribution in [-0.2, 0) is 0 Å². The lowest BCUT2D eigenvalue weighted by molar-refractivity contribution is 1.07. The first kappa shape index (κ1) is 35.5. The number of fused-ring (bicyclic) bond motifs is 18. The number of hydrogen-bond donors (Lipinski definition) is 0. The molecule has 0 saturated heterocycles. The summed E-state index contributed by atoms with van der Waals surface area (Å²) in [6.07, 6.45) is 0. The van der Waals surface area contributed by atoms with E-state index in [2.05, 4.69) is 185 Å². The van der Waals surface area contributed by atoms with Gasteiger partial charge < -0.3 is 8.80 Å². The Hall–Kier alpha value is -8.93. The summed E-state index contributed by atoms with van der Waals surface area (Å²) in [6, 6.07) is 77.0. The Morgan fingerprint density at radius 3 is 1.36 bits per heavy atom. The van der Waals surface area contributed by atoms with Gasteiger partial charge in [0.1, 0.15) is 0 Å². The molecule has 0 spiro atoms. The van der Waals surface area contributed by atoms with E-state index in [1.165, 1.54) is 75.8 Å². The predicted octanol–water partition coefficient (Wildman–Crippen LogP) is 15.8. The molecule has 4 heterocycles. The zero-order valence-electron chi connectivity index (χ0n) is 35.4. The number of hydrogen-bond acceptors (Lipinski definition) is 3. The van der Waals surface area contributed by atoms with Gasteiger partial charge in [-0.05, 0) is 74.1 Å². The summed E-state index contributed by atoms with van der Waals surface area (Å²) in [5, 5.41) is 16.8. The van der Waals surface area contributed by atoms with Crippen molar-refractivity contribution >= 4 is 109 Å². The molecule has 0 aliphatic heterocycles. The Labute approximate surface area is 377 Å². The Kier molecular flexibility index (Phi) is 7.16. The van der Waals surface area contributed by atoms with E-state index < -0.39 is 0 Å². The van der Waals surface area contributed by atoms with Crippen molar-refractivity contribution < 1.29 is 0 Å². The maximum atomic E-state index is 5.33. The van der Waals surface area contributed by atoms with Crippen molar-refractivity contribution in [3.63, 3.8) is 0 Å². The molecule has 0 radical (unpaired) electrons. The van der Waals surface area contributed by atoms with Crippen molar-refractivity contribution in [2.24, 2.45) is 0 Å². The van der Waals surface area contributed by atoms with Crippen LogP contribution in [0.25, 0.3) is 143 Å². The zero-order chi connectivity index (χ0) is 43.0. The van der Waals surface area contributed by atoms with Crippen molar-refractivity contribution in [1.82, 2.24) is 23.8 Å². The fraction of sp³-hybridized carbons (Fsp3) is 0. The molecular weight excluding hydrogens is 803 g/mol. The third kappa shape index (κ3) is 4.86. The monoisotopic (exact) mass is 837 g/mol. The van der Waals surface area contributed by atoms with Crippen LogP contribution in [-0.4, -0.2) is 23.8 Å². The maximum absolute atomic E-state index is 5.33. The second-order valence-electron chi connectivity index (χ2n) is 17.5. The third-order valence-corrected chi connectivity index (χ3v) is 14.0. The van der Waals surface area contributed by atoms with Crippen molar-refractivity contribution in [2.45, 2.75) is 0 Å². The van der Waals surface area contributed by atoms with Gasteiger partial charge in [0.25, 0.3) is 0 Å². The molecule has 15 rings (SSSR count). The van der Waals surface area contributed by atoms with E-state index in [1.807, 2.05) is 36.4 Å². The van der Waals surface area contributed by atoms with Crippen LogP contribution >= 0.6 is 0 Å². The highest BCUT2D eigenvalue weighted by molar-refractivity contribution is 6.31. The van der Waals surface area contributed by atoms with E-state index in [0.29, 0.717) is 17.5 Å². The van der Waals surface area contributed by atoms with Crippen LogP contribution in [0, 0.1) is 0 Å². The first-order chi connectivity index (χ1) is 32.7. The van der Waals surface area contributed by atoms with Crippen LogP contribution in [0.5, 0.6) is 0 Å². The lowest BCUT2D eigenvalue weighted by Crippen LogP contribution is -2.00. The molecule has 0 bridgehead atoms. The van der Waals surface area contributed by atoms with Crippen LogP contribution in [0.2, 0.25) is 0 Å². The second kappa shape index (κ2) is 13.3. The molecule has 0 atom stereocenters. The van der Waals surface area contributed by atoms with Crippen LogP contribution < -0.4 is 0 Å². The van der Waals surface area contributed by atoms with Gasteiger partial charge in [-0.3, -0.25) is 0 Å². The van der Waals surface area contributed by atoms with E-state index in [9.17, 15) is 0 Å². The maximum Gasteiger partial charge on any atom is 0.164 e. The van der Waals surface area contributed by atoms with Crippen LogP contribution in [0.15, 0.2) is 212 Å². The first-order valence-electron chi connectivity index (χ1n) is 22.5. The minimum Gasteiger partial charge on any atom is -0.307 e. The smallest absolute Gasteiger partial charge is 0.164 e.